The third-order valence-corrected chi connectivity index (χ3v) is 4.88. The van der Waals surface area contributed by atoms with E-state index in [1.54, 1.807) is 24.4 Å². The van der Waals surface area contributed by atoms with Gasteiger partial charge in [-0.25, -0.2) is 9.97 Å². The van der Waals surface area contributed by atoms with Crippen LogP contribution in [-0.4, -0.2) is 51.4 Å². The molecule has 0 unspecified atom stereocenters. The van der Waals surface area contributed by atoms with Gasteiger partial charge in [0, 0.05) is 24.3 Å². The second-order valence-corrected chi connectivity index (χ2v) is 6.90. The van der Waals surface area contributed by atoms with Crippen LogP contribution in [0.4, 0.5) is 0 Å². The summed E-state index contributed by atoms with van der Waals surface area (Å²) in [5, 5.41) is 23.2. The van der Waals surface area contributed by atoms with E-state index in [1.165, 1.54) is 0 Å². The number of para-hydroxylation sites is 1. The summed E-state index contributed by atoms with van der Waals surface area (Å²) < 4.78 is 5.21. The number of aromatic hydroxyl groups is 1. The van der Waals surface area contributed by atoms with Crippen LogP contribution in [0.25, 0.3) is 10.9 Å². The predicted molar refractivity (Wildman–Crippen MR) is 103 cm³/mol. The zero-order valence-corrected chi connectivity index (χ0v) is 15.2. The highest BCUT2D eigenvalue weighted by Crippen LogP contribution is 2.22. The Morgan fingerprint density at radius 2 is 2.11 bits per heavy atom. The van der Waals surface area contributed by atoms with Crippen LogP contribution in [0.2, 0.25) is 0 Å². The van der Waals surface area contributed by atoms with Gasteiger partial charge in [0.25, 0.3) is 5.91 Å². The summed E-state index contributed by atoms with van der Waals surface area (Å²) in [5.41, 5.74) is 2.89. The van der Waals surface area contributed by atoms with Crippen molar-refractivity contribution in [1.29, 1.82) is 0 Å². The highest BCUT2D eigenvalue weighted by molar-refractivity contribution is 5.96. The average Bonchev–Trinajstić information content (AvgIpc) is 2.71. The fourth-order valence-corrected chi connectivity index (χ4v) is 3.38. The molecule has 1 aliphatic rings. The lowest BCUT2D eigenvalue weighted by Crippen LogP contribution is -2.48. The quantitative estimate of drug-likeness (QED) is 0.639. The topological polar surface area (TPSA) is 105 Å². The fraction of sp³-hybridized carbons (Fsp3) is 0.286. The van der Waals surface area contributed by atoms with Crippen molar-refractivity contribution in [2.24, 2.45) is 0 Å². The number of aliphatic hydroxyl groups excluding tert-OH is 1. The number of carbonyl (C=O) groups excluding carboxylic acids is 1. The minimum Gasteiger partial charge on any atom is -0.493 e. The average molecular weight is 379 g/mol. The maximum atomic E-state index is 12.8. The standard InChI is InChI=1S/C21H21N3O4/c25-19-12-28-8-7-17(19)24-21(27)18-10-14(9-13-5-6-20(26)22-11-13)15-3-1-2-4-16(15)23-18/h1-6,10-11,17,19,25H,7-9,12H2,(H,22,26)(H,24,27)/t17-,19-/m0/s1. The highest BCUT2D eigenvalue weighted by Gasteiger charge is 2.26. The predicted octanol–water partition coefficient (Wildman–Crippen LogP) is 1.81. The van der Waals surface area contributed by atoms with Crippen LogP contribution in [0.3, 0.4) is 0 Å². The second kappa shape index (κ2) is 7.92. The summed E-state index contributed by atoms with van der Waals surface area (Å²) in [4.78, 5) is 21.2. The molecular formula is C21H21N3O4. The Kier molecular flexibility index (Phi) is 5.18. The van der Waals surface area contributed by atoms with Crippen LogP contribution in [0.1, 0.15) is 28.0 Å². The van der Waals surface area contributed by atoms with Crippen LogP contribution in [0, 0.1) is 0 Å². The zero-order chi connectivity index (χ0) is 19.5. The highest BCUT2D eigenvalue weighted by atomic mass is 16.5. The number of aliphatic hydroxyl groups is 1. The molecule has 0 spiro atoms. The number of pyridine rings is 2. The lowest BCUT2D eigenvalue weighted by Gasteiger charge is -2.28. The van der Waals surface area contributed by atoms with Gasteiger partial charge in [0.05, 0.1) is 24.3 Å². The molecule has 0 aliphatic carbocycles. The number of fused-ring (bicyclic) bond motifs is 1. The van der Waals surface area contributed by atoms with Gasteiger partial charge in [-0.1, -0.05) is 24.3 Å². The number of ether oxygens (including phenoxy) is 1. The molecule has 1 amide bonds. The molecule has 2 aromatic heterocycles. The van der Waals surface area contributed by atoms with Crippen LogP contribution in [0.15, 0.2) is 48.7 Å². The number of nitrogens with one attached hydrogen (secondary N) is 1. The smallest absolute Gasteiger partial charge is 0.270 e. The van der Waals surface area contributed by atoms with Crippen molar-refractivity contribution >= 4 is 16.8 Å². The van der Waals surface area contributed by atoms with Crippen molar-refractivity contribution < 1.29 is 19.7 Å². The number of rotatable bonds is 4. The Labute approximate surface area is 162 Å². The first kappa shape index (κ1) is 18.3. The maximum absolute atomic E-state index is 12.8. The molecule has 4 rings (SSSR count). The number of hydrogen-bond donors (Lipinski definition) is 3. The van der Waals surface area contributed by atoms with Gasteiger partial charge in [-0.15, -0.1) is 0 Å². The molecule has 0 saturated carbocycles. The van der Waals surface area contributed by atoms with E-state index in [0.29, 0.717) is 25.1 Å². The van der Waals surface area contributed by atoms with E-state index in [9.17, 15) is 15.0 Å². The van der Waals surface area contributed by atoms with Gasteiger partial charge < -0.3 is 20.3 Å². The molecule has 144 valence electrons. The number of carbonyl (C=O) groups is 1. The largest absolute Gasteiger partial charge is 0.493 e. The fourth-order valence-electron chi connectivity index (χ4n) is 3.38. The molecule has 28 heavy (non-hydrogen) atoms. The van der Waals surface area contributed by atoms with Crippen molar-refractivity contribution in [3.05, 3.63) is 65.5 Å². The first-order chi connectivity index (χ1) is 13.6. The van der Waals surface area contributed by atoms with Crippen LogP contribution in [0.5, 0.6) is 5.88 Å². The van der Waals surface area contributed by atoms with E-state index in [1.807, 2.05) is 24.3 Å². The molecule has 0 bridgehead atoms. The monoisotopic (exact) mass is 379 g/mol. The van der Waals surface area contributed by atoms with Gasteiger partial charge in [-0.3, -0.25) is 4.79 Å². The maximum Gasteiger partial charge on any atom is 0.270 e. The van der Waals surface area contributed by atoms with E-state index in [0.717, 1.165) is 22.0 Å². The molecule has 1 saturated heterocycles. The van der Waals surface area contributed by atoms with E-state index < -0.39 is 6.10 Å². The van der Waals surface area contributed by atoms with Crippen molar-refractivity contribution in [3.8, 4) is 5.88 Å². The van der Waals surface area contributed by atoms with E-state index in [2.05, 4.69) is 15.3 Å². The van der Waals surface area contributed by atoms with Crippen molar-refractivity contribution in [3.63, 3.8) is 0 Å². The summed E-state index contributed by atoms with van der Waals surface area (Å²) in [5.74, 6) is -0.347. The van der Waals surface area contributed by atoms with Gasteiger partial charge in [0.1, 0.15) is 5.69 Å². The Bertz CT molecular complexity index is 991. The molecule has 3 aromatic rings. The van der Waals surface area contributed by atoms with Gasteiger partial charge in [-0.05, 0) is 36.1 Å². The molecule has 0 radical (unpaired) electrons. The number of nitrogens with zero attached hydrogens (tertiary/aromatic N) is 2. The Morgan fingerprint density at radius 3 is 2.89 bits per heavy atom. The van der Waals surface area contributed by atoms with Crippen molar-refractivity contribution in [2.45, 2.75) is 25.0 Å². The zero-order valence-electron chi connectivity index (χ0n) is 15.2. The van der Waals surface area contributed by atoms with Crippen molar-refractivity contribution in [2.75, 3.05) is 13.2 Å². The summed E-state index contributed by atoms with van der Waals surface area (Å²) in [6, 6.07) is 12.4. The van der Waals surface area contributed by atoms with Gasteiger partial charge in [-0.2, -0.15) is 0 Å². The SMILES string of the molecule is O=C(N[C@H]1CCOC[C@@H]1O)c1cc(Cc2ccc(O)nc2)c2ccccc2n1. The number of amides is 1. The summed E-state index contributed by atoms with van der Waals surface area (Å²) >= 11 is 0. The summed E-state index contributed by atoms with van der Waals surface area (Å²) in [6.07, 6.45) is 2.01. The summed E-state index contributed by atoms with van der Waals surface area (Å²) in [6.45, 7) is 0.724. The Hall–Kier alpha value is -3.03. The van der Waals surface area contributed by atoms with Crippen LogP contribution < -0.4 is 5.32 Å². The molecule has 7 nitrogen and oxygen atoms in total. The lowest BCUT2D eigenvalue weighted by atomic mass is 10.0. The van der Waals surface area contributed by atoms with Crippen LogP contribution >= 0.6 is 0 Å². The van der Waals surface area contributed by atoms with Crippen molar-refractivity contribution in [1.82, 2.24) is 15.3 Å². The first-order valence-electron chi connectivity index (χ1n) is 9.19. The third-order valence-electron chi connectivity index (χ3n) is 4.88. The molecule has 7 heteroatoms. The van der Waals surface area contributed by atoms with Crippen LogP contribution in [-0.2, 0) is 11.2 Å². The molecule has 1 aliphatic heterocycles. The van der Waals surface area contributed by atoms with E-state index >= 15 is 0 Å². The summed E-state index contributed by atoms with van der Waals surface area (Å²) in [7, 11) is 0. The molecule has 2 atom stereocenters. The van der Waals surface area contributed by atoms with E-state index in [4.69, 9.17) is 4.74 Å². The molecule has 1 fully saturated rings. The Morgan fingerprint density at radius 1 is 1.25 bits per heavy atom. The molecular weight excluding hydrogens is 358 g/mol. The molecule has 3 heterocycles. The number of hydrogen-bond acceptors (Lipinski definition) is 6. The minimum absolute atomic E-state index is 0.0292. The number of aromatic nitrogens is 2. The number of benzene rings is 1. The normalized spacial score (nSPS) is 19.5. The molecule has 1 aromatic carbocycles. The van der Waals surface area contributed by atoms with E-state index in [-0.39, 0.29) is 24.4 Å². The Balaban J connectivity index is 1.65. The lowest BCUT2D eigenvalue weighted by molar-refractivity contribution is -0.0261. The second-order valence-electron chi connectivity index (χ2n) is 6.90. The van der Waals surface area contributed by atoms with Gasteiger partial charge in [0.15, 0.2) is 0 Å². The molecule has 3 N–H and O–H groups in total. The minimum atomic E-state index is -0.722. The van der Waals surface area contributed by atoms with Gasteiger partial charge in [0.2, 0.25) is 5.88 Å². The first-order valence-corrected chi connectivity index (χ1v) is 9.19. The van der Waals surface area contributed by atoms with Gasteiger partial charge >= 0.3 is 0 Å². The third kappa shape index (κ3) is 3.95.